The fraction of sp³-hybridized carbons (Fsp3) is 0.409. The number of anilines is 1. The van der Waals surface area contributed by atoms with Gasteiger partial charge in [0.1, 0.15) is 5.69 Å². The molecular formula is C22H28N2O5. The van der Waals surface area contributed by atoms with E-state index in [1.54, 1.807) is 20.8 Å². The molecule has 1 atom stereocenters. The summed E-state index contributed by atoms with van der Waals surface area (Å²) in [6, 6.07) is 7.56. The monoisotopic (exact) mass is 400 g/mol. The third-order valence-corrected chi connectivity index (χ3v) is 4.83. The number of hydrogen-bond acceptors (Lipinski definition) is 5. The summed E-state index contributed by atoms with van der Waals surface area (Å²) in [5.41, 5.74) is 3.14. The zero-order valence-corrected chi connectivity index (χ0v) is 17.5. The van der Waals surface area contributed by atoms with Crippen molar-refractivity contribution in [2.45, 2.75) is 47.0 Å². The van der Waals surface area contributed by atoms with Crippen molar-refractivity contribution in [1.29, 1.82) is 0 Å². The largest absolute Gasteiger partial charge is 0.462 e. The number of hydrogen-bond donors (Lipinski definition) is 2. The number of esters is 2. The second-order valence-corrected chi connectivity index (χ2v) is 6.87. The second kappa shape index (κ2) is 9.91. The van der Waals surface area contributed by atoms with E-state index in [2.05, 4.69) is 24.1 Å². The molecule has 0 aliphatic carbocycles. The number of nitrogens with one attached hydrogen (secondary N) is 2. The van der Waals surface area contributed by atoms with E-state index in [1.165, 1.54) is 0 Å². The van der Waals surface area contributed by atoms with E-state index >= 15 is 0 Å². The molecule has 7 heteroatoms. The van der Waals surface area contributed by atoms with Crippen LogP contribution in [0.4, 0.5) is 5.69 Å². The number of para-hydroxylation sites is 1. The van der Waals surface area contributed by atoms with Crippen molar-refractivity contribution < 1.29 is 23.9 Å². The average Bonchev–Trinajstić information content (AvgIpc) is 3.00. The van der Waals surface area contributed by atoms with Gasteiger partial charge in [-0.15, -0.1) is 0 Å². The number of H-pyrrole nitrogens is 1. The summed E-state index contributed by atoms with van der Waals surface area (Å²) in [6.45, 7) is 8.99. The Balaban J connectivity index is 2.04. The molecule has 1 aromatic carbocycles. The lowest BCUT2D eigenvalue weighted by Gasteiger charge is -2.15. The summed E-state index contributed by atoms with van der Waals surface area (Å²) >= 11 is 0. The molecule has 0 radical (unpaired) electrons. The Morgan fingerprint density at radius 3 is 2.41 bits per heavy atom. The standard InChI is InChI=1S/C22H28N2O5/c1-6-13(3)16-10-8-9-11-17(16)24-18(25)12-29-22(27)20-14(4)19(15(5)23-20)21(26)28-7-2/h8-11,13,23H,6-7,12H2,1-5H3,(H,24,25)/t13-/m1/s1. The molecule has 29 heavy (non-hydrogen) atoms. The summed E-state index contributed by atoms with van der Waals surface area (Å²) in [5.74, 6) is -1.34. The molecule has 1 amide bonds. The van der Waals surface area contributed by atoms with Crippen molar-refractivity contribution in [3.8, 4) is 0 Å². The van der Waals surface area contributed by atoms with E-state index in [0.717, 1.165) is 12.0 Å². The third-order valence-electron chi connectivity index (χ3n) is 4.83. The van der Waals surface area contributed by atoms with Gasteiger partial charge in [0.15, 0.2) is 6.61 Å². The van der Waals surface area contributed by atoms with Gasteiger partial charge in [0, 0.05) is 11.4 Å². The van der Waals surface area contributed by atoms with Crippen LogP contribution < -0.4 is 5.32 Å². The smallest absolute Gasteiger partial charge is 0.355 e. The van der Waals surface area contributed by atoms with Gasteiger partial charge in [0.2, 0.25) is 0 Å². The van der Waals surface area contributed by atoms with Crippen molar-refractivity contribution in [3.63, 3.8) is 0 Å². The summed E-state index contributed by atoms with van der Waals surface area (Å²) in [4.78, 5) is 39.6. The Kier molecular flexibility index (Phi) is 7.59. The molecule has 7 nitrogen and oxygen atoms in total. The molecule has 1 heterocycles. The lowest BCUT2D eigenvalue weighted by Crippen LogP contribution is -2.22. The maximum atomic E-state index is 12.4. The summed E-state index contributed by atoms with van der Waals surface area (Å²) in [6.07, 6.45) is 0.941. The molecule has 0 aliphatic rings. The molecule has 156 valence electrons. The zero-order chi connectivity index (χ0) is 21.6. The van der Waals surface area contributed by atoms with Gasteiger partial charge in [-0.05, 0) is 50.3 Å². The number of amides is 1. The first-order valence-corrected chi connectivity index (χ1v) is 9.72. The SMILES string of the molecule is CCOC(=O)c1c(C)[nH]c(C(=O)OCC(=O)Nc2ccccc2[C@H](C)CC)c1C. The second-order valence-electron chi connectivity index (χ2n) is 6.87. The van der Waals surface area contributed by atoms with E-state index in [4.69, 9.17) is 9.47 Å². The topological polar surface area (TPSA) is 97.5 Å². The van der Waals surface area contributed by atoms with Crippen molar-refractivity contribution in [3.05, 3.63) is 52.3 Å². The zero-order valence-electron chi connectivity index (χ0n) is 17.5. The molecule has 0 fully saturated rings. The van der Waals surface area contributed by atoms with Crippen molar-refractivity contribution in [2.24, 2.45) is 0 Å². The quantitative estimate of drug-likeness (QED) is 0.650. The Hall–Kier alpha value is -3.09. The molecule has 0 unspecified atom stereocenters. The van der Waals surface area contributed by atoms with Gasteiger partial charge in [-0.3, -0.25) is 4.79 Å². The fourth-order valence-electron chi connectivity index (χ4n) is 3.11. The predicted molar refractivity (Wildman–Crippen MR) is 110 cm³/mol. The van der Waals surface area contributed by atoms with Crippen LogP contribution in [0.2, 0.25) is 0 Å². The van der Waals surface area contributed by atoms with E-state index < -0.39 is 24.5 Å². The minimum atomic E-state index is -0.702. The Labute approximate surface area is 170 Å². The van der Waals surface area contributed by atoms with Crippen LogP contribution in [0.1, 0.15) is 70.8 Å². The highest BCUT2D eigenvalue weighted by molar-refractivity contribution is 6.00. The number of ether oxygens (including phenoxy) is 2. The van der Waals surface area contributed by atoms with E-state index in [-0.39, 0.29) is 12.3 Å². The maximum Gasteiger partial charge on any atom is 0.355 e. The van der Waals surface area contributed by atoms with E-state index in [0.29, 0.717) is 28.4 Å². The molecule has 2 aromatic rings. The van der Waals surface area contributed by atoms with Crippen LogP contribution in [0.5, 0.6) is 0 Å². The highest BCUT2D eigenvalue weighted by Crippen LogP contribution is 2.26. The molecule has 0 aliphatic heterocycles. The normalized spacial score (nSPS) is 11.6. The van der Waals surface area contributed by atoms with Gasteiger partial charge in [-0.2, -0.15) is 0 Å². The lowest BCUT2D eigenvalue weighted by atomic mass is 9.97. The number of carbonyl (C=O) groups is 3. The van der Waals surface area contributed by atoms with E-state index in [1.807, 2.05) is 24.3 Å². The number of rotatable bonds is 8. The number of benzene rings is 1. The molecule has 2 N–H and O–H groups in total. The first-order valence-electron chi connectivity index (χ1n) is 9.72. The predicted octanol–water partition coefficient (Wildman–Crippen LogP) is 4.12. The molecule has 0 spiro atoms. The van der Waals surface area contributed by atoms with Crippen LogP contribution >= 0.6 is 0 Å². The van der Waals surface area contributed by atoms with Crippen LogP contribution in [0.15, 0.2) is 24.3 Å². The maximum absolute atomic E-state index is 12.4. The van der Waals surface area contributed by atoms with Gasteiger partial charge < -0.3 is 19.8 Å². The molecular weight excluding hydrogens is 372 g/mol. The Morgan fingerprint density at radius 1 is 1.07 bits per heavy atom. The minimum Gasteiger partial charge on any atom is -0.462 e. The summed E-state index contributed by atoms with van der Waals surface area (Å²) in [7, 11) is 0. The van der Waals surface area contributed by atoms with Crippen LogP contribution in [0, 0.1) is 13.8 Å². The van der Waals surface area contributed by atoms with Crippen LogP contribution in [0.3, 0.4) is 0 Å². The average molecular weight is 400 g/mol. The minimum absolute atomic E-state index is 0.137. The Morgan fingerprint density at radius 2 is 1.76 bits per heavy atom. The number of aryl methyl sites for hydroxylation is 1. The van der Waals surface area contributed by atoms with Gasteiger partial charge in [0.25, 0.3) is 5.91 Å². The molecule has 2 rings (SSSR count). The summed E-state index contributed by atoms with van der Waals surface area (Å²) < 4.78 is 10.2. The number of aromatic nitrogens is 1. The van der Waals surface area contributed by atoms with Gasteiger partial charge in [0.05, 0.1) is 12.2 Å². The van der Waals surface area contributed by atoms with Gasteiger partial charge in [-0.25, -0.2) is 9.59 Å². The molecule has 0 bridgehead atoms. The highest BCUT2D eigenvalue weighted by atomic mass is 16.5. The van der Waals surface area contributed by atoms with Crippen LogP contribution in [-0.4, -0.2) is 36.0 Å². The third kappa shape index (κ3) is 5.25. The lowest BCUT2D eigenvalue weighted by molar-refractivity contribution is -0.119. The fourth-order valence-corrected chi connectivity index (χ4v) is 3.11. The highest BCUT2D eigenvalue weighted by Gasteiger charge is 2.24. The number of carbonyl (C=O) groups excluding carboxylic acids is 3. The van der Waals surface area contributed by atoms with E-state index in [9.17, 15) is 14.4 Å². The van der Waals surface area contributed by atoms with Gasteiger partial charge >= 0.3 is 11.9 Å². The first-order chi connectivity index (χ1) is 13.8. The van der Waals surface area contributed by atoms with Crippen molar-refractivity contribution in [1.82, 2.24) is 4.98 Å². The van der Waals surface area contributed by atoms with Gasteiger partial charge in [-0.1, -0.05) is 32.0 Å². The Bertz CT molecular complexity index is 901. The molecule has 0 saturated carbocycles. The first kappa shape index (κ1) is 22.2. The molecule has 0 saturated heterocycles. The van der Waals surface area contributed by atoms with Crippen molar-refractivity contribution >= 4 is 23.5 Å². The van der Waals surface area contributed by atoms with Crippen LogP contribution in [-0.2, 0) is 14.3 Å². The number of aromatic amines is 1. The van der Waals surface area contributed by atoms with Crippen molar-refractivity contribution in [2.75, 3.05) is 18.5 Å². The van der Waals surface area contributed by atoms with Crippen LogP contribution in [0.25, 0.3) is 0 Å². The molecule has 1 aromatic heterocycles. The summed E-state index contributed by atoms with van der Waals surface area (Å²) in [5, 5.41) is 2.80.